The first-order valence-electron chi connectivity index (χ1n) is 9.14. The number of nitrogens with one attached hydrogen (secondary N) is 2. The summed E-state index contributed by atoms with van der Waals surface area (Å²) in [6.45, 7) is 2.63. The molecule has 29 heavy (non-hydrogen) atoms. The number of aromatic amines is 1. The predicted octanol–water partition coefficient (Wildman–Crippen LogP) is 2.89. The third-order valence-corrected chi connectivity index (χ3v) is 6.81. The first kappa shape index (κ1) is 19.6. The average Bonchev–Trinajstić information content (AvgIpc) is 3.05. The number of hydrogen-bond acceptors (Lipinski definition) is 4. The van der Waals surface area contributed by atoms with Gasteiger partial charge in [-0.15, -0.1) is 0 Å². The number of hydrogen-bond donors (Lipinski definition) is 2. The van der Waals surface area contributed by atoms with Crippen molar-refractivity contribution in [3.63, 3.8) is 0 Å². The molecule has 0 bridgehead atoms. The van der Waals surface area contributed by atoms with E-state index in [2.05, 4.69) is 10.3 Å². The highest BCUT2D eigenvalue weighted by molar-refractivity contribution is 7.89. The monoisotopic (exact) mass is 417 g/mol. The summed E-state index contributed by atoms with van der Waals surface area (Å²) in [4.78, 5) is 15.5. The van der Waals surface area contributed by atoms with Gasteiger partial charge in [-0.25, -0.2) is 12.8 Å². The minimum atomic E-state index is -4.03. The lowest BCUT2D eigenvalue weighted by molar-refractivity contribution is 0.0729. The molecule has 3 aromatic rings. The quantitative estimate of drug-likeness (QED) is 0.683. The lowest BCUT2D eigenvalue weighted by atomic mass is 10.1. The summed E-state index contributed by atoms with van der Waals surface area (Å²) in [6.07, 6.45) is 0. The molecule has 0 spiro atoms. The van der Waals surface area contributed by atoms with Gasteiger partial charge in [0.1, 0.15) is 10.7 Å². The van der Waals surface area contributed by atoms with Gasteiger partial charge in [0.25, 0.3) is 5.91 Å². The minimum Gasteiger partial charge on any atom is -0.379 e. The molecule has 1 saturated heterocycles. The van der Waals surface area contributed by atoms with Crippen LogP contribution >= 0.6 is 0 Å². The fraction of sp³-hybridized carbons (Fsp3) is 0.250. The topological polar surface area (TPSA) is 91.5 Å². The number of anilines is 1. The first-order chi connectivity index (χ1) is 13.9. The van der Waals surface area contributed by atoms with Crippen molar-refractivity contribution in [3.05, 3.63) is 59.5 Å². The van der Waals surface area contributed by atoms with Gasteiger partial charge in [0.05, 0.1) is 18.8 Å². The molecule has 7 nitrogen and oxygen atoms in total. The Bertz CT molecular complexity index is 1180. The number of rotatable bonds is 4. The summed E-state index contributed by atoms with van der Waals surface area (Å²) in [5.74, 6) is -1.26. The molecule has 0 saturated carbocycles. The van der Waals surface area contributed by atoms with E-state index in [0.29, 0.717) is 11.3 Å². The lowest BCUT2D eigenvalue weighted by Gasteiger charge is -2.26. The molecular formula is C20H20FN3O4S. The van der Waals surface area contributed by atoms with E-state index >= 15 is 0 Å². The van der Waals surface area contributed by atoms with Crippen LogP contribution in [0.1, 0.15) is 16.1 Å². The first-order valence-corrected chi connectivity index (χ1v) is 10.6. The van der Waals surface area contributed by atoms with E-state index in [1.807, 2.05) is 24.3 Å². The van der Waals surface area contributed by atoms with Crippen molar-refractivity contribution in [2.24, 2.45) is 0 Å². The molecule has 1 fully saturated rings. The third kappa shape index (κ3) is 3.64. The third-order valence-electron chi connectivity index (χ3n) is 4.90. The number of morpholine rings is 1. The normalized spacial score (nSPS) is 15.5. The van der Waals surface area contributed by atoms with Crippen molar-refractivity contribution < 1.29 is 22.3 Å². The van der Waals surface area contributed by atoms with Gasteiger partial charge in [0.15, 0.2) is 0 Å². The number of fused-ring (bicyclic) bond motifs is 1. The van der Waals surface area contributed by atoms with E-state index < -0.39 is 26.6 Å². The maximum atomic E-state index is 14.3. The Morgan fingerprint density at radius 1 is 1.17 bits per heavy atom. The maximum Gasteiger partial charge on any atom is 0.258 e. The number of ether oxygens (including phenoxy) is 1. The molecule has 4 rings (SSSR count). The molecule has 9 heteroatoms. The SMILES string of the molecule is Cc1[nH]c2ccccc2c1C(=O)Nc1ccc(F)c(S(=O)(=O)N2CCOCC2)c1. The number of halogens is 1. The van der Waals surface area contributed by atoms with E-state index in [1.165, 1.54) is 10.4 Å². The summed E-state index contributed by atoms with van der Waals surface area (Å²) in [6, 6.07) is 10.9. The number of aromatic nitrogens is 1. The van der Waals surface area contributed by atoms with Gasteiger partial charge in [-0.2, -0.15) is 4.31 Å². The Labute approximate surface area is 167 Å². The molecule has 1 aliphatic rings. The Kier molecular flexibility index (Phi) is 5.12. The Hall–Kier alpha value is -2.75. The van der Waals surface area contributed by atoms with Crippen LogP contribution < -0.4 is 5.32 Å². The van der Waals surface area contributed by atoms with Crippen LogP contribution in [0, 0.1) is 12.7 Å². The van der Waals surface area contributed by atoms with Crippen molar-refractivity contribution >= 4 is 32.5 Å². The number of nitrogens with zero attached hydrogens (tertiary/aromatic N) is 1. The molecule has 2 heterocycles. The van der Waals surface area contributed by atoms with Crippen LogP contribution in [-0.4, -0.2) is 49.9 Å². The molecule has 0 aliphatic carbocycles. The van der Waals surface area contributed by atoms with Crippen LogP contribution in [0.5, 0.6) is 0 Å². The highest BCUT2D eigenvalue weighted by Crippen LogP contribution is 2.26. The highest BCUT2D eigenvalue weighted by Gasteiger charge is 2.29. The van der Waals surface area contributed by atoms with Crippen LogP contribution in [-0.2, 0) is 14.8 Å². The molecule has 1 aliphatic heterocycles. The summed E-state index contributed by atoms with van der Waals surface area (Å²) >= 11 is 0. The summed E-state index contributed by atoms with van der Waals surface area (Å²) in [7, 11) is -4.03. The molecule has 0 atom stereocenters. The van der Waals surface area contributed by atoms with Crippen molar-refractivity contribution in [2.75, 3.05) is 31.6 Å². The van der Waals surface area contributed by atoms with E-state index in [1.54, 1.807) is 6.92 Å². The standard InChI is InChI=1S/C20H20FN3O4S/c1-13-19(15-4-2-3-5-17(15)22-13)20(25)23-14-6-7-16(21)18(12-14)29(26,27)24-8-10-28-11-9-24/h2-7,12,22H,8-11H2,1H3,(H,23,25). The second-order valence-electron chi connectivity index (χ2n) is 6.79. The van der Waals surface area contributed by atoms with Gasteiger partial charge >= 0.3 is 0 Å². The summed E-state index contributed by atoms with van der Waals surface area (Å²) < 4.78 is 46.3. The van der Waals surface area contributed by atoms with Gasteiger partial charge in [-0.1, -0.05) is 18.2 Å². The van der Waals surface area contributed by atoms with Crippen LogP contribution in [0.3, 0.4) is 0 Å². The fourth-order valence-electron chi connectivity index (χ4n) is 3.47. The number of aryl methyl sites for hydroxylation is 1. The summed E-state index contributed by atoms with van der Waals surface area (Å²) in [5.41, 5.74) is 2.17. The fourth-order valence-corrected chi connectivity index (χ4v) is 4.97. The Morgan fingerprint density at radius 2 is 1.90 bits per heavy atom. The number of carbonyl (C=O) groups excluding carboxylic acids is 1. The molecule has 0 unspecified atom stereocenters. The summed E-state index contributed by atoms with van der Waals surface area (Å²) in [5, 5.41) is 3.44. The smallest absolute Gasteiger partial charge is 0.258 e. The molecule has 2 N–H and O–H groups in total. The van der Waals surface area contributed by atoms with Gasteiger partial charge in [0.2, 0.25) is 10.0 Å². The number of H-pyrrole nitrogens is 1. The van der Waals surface area contributed by atoms with Crippen LogP contribution in [0.25, 0.3) is 10.9 Å². The number of carbonyl (C=O) groups is 1. The number of benzene rings is 2. The van der Waals surface area contributed by atoms with E-state index in [-0.39, 0.29) is 32.0 Å². The van der Waals surface area contributed by atoms with Crippen LogP contribution in [0.2, 0.25) is 0 Å². The van der Waals surface area contributed by atoms with Crippen LogP contribution in [0.4, 0.5) is 10.1 Å². The minimum absolute atomic E-state index is 0.160. The Morgan fingerprint density at radius 3 is 2.66 bits per heavy atom. The molecule has 1 aromatic heterocycles. The molecule has 152 valence electrons. The number of para-hydroxylation sites is 1. The van der Waals surface area contributed by atoms with Crippen molar-refractivity contribution in [3.8, 4) is 0 Å². The molecule has 0 radical (unpaired) electrons. The van der Waals surface area contributed by atoms with Gasteiger partial charge in [0, 0.05) is 35.4 Å². The predicted molar refractivity (Wildman–Crippen MR) is 107 cm³/mol. The Balaban J connectivity index is 1.65. The molecular weight excluding hydrogens is 397 g/mol. The second kappa shape index (κ2) is 7.58. The zero-order valence-electron chi connectivity index (χ0n) is 15.7. The largest absolute Gasteiger partial charge is 0.379 e. The van der Waals surface area contributed by atoms with Crippen molar-refractivity contribution in [1.82, 2.24) is 9.29 Å². The molecule has 1 amide bonds. The molecule has 2 aromatic carbocycles. The number of amides is 1. The number of sulfonamides is 1. The average molecular weight is 417 g/mol. The van der Waals surface area contributed by atoms with E-state index in [0.717, 1.165) is 23.0 Å². The van der Waals surface area contributed by atoms with Gasteiger partial charge in [-0.3, -0.25) is 4.79 Å². The van der Waals surface area contributed by atoms with Crippen molar-refractivity contribution in [1.29, 1.82) is 0 Å². The van der Waals surface area contributed by atoms with E-state index in [9.17, 15) is 17.6 Å². The second-order valence-corrected chi connectivity index (χ2v) is 8.69. The van der Waals surface area contributed by atoms with E-state index in [4.69, 9.17) is 4.74 Å². The van der Waals surface area contributed by atoms with Gasteiger partial charge in [-0.05, 0) is 31.2 Å². The maximum absolute atomic E-state index is 14.3. The van der Waals surface area contributed by atoms with Crippen molar-refractivity contribution in [2.45, 2.75) is 11.8 Å². The zero-order chi connectivity index (χ0) is 20.6. The zero-order valence-corrected chi connectivity index (χ0v) is 16.6. The van der Waals surface area contributed by atoms with Gasteiger partial charge < -0.3 is 15.0 Å². The lowest BCUT2D eigenvalue weighted by Crippen LogP contribution is -2.40. The highest BCUT2D eigenvalue weighted by atomic mass is 32.2. The van der Waals surface area contributed by atoms with Crippen LogP contribution in [0.15, 0.2) is 47.4 Å².